The van der Waals surface area contributed by atoms with Gasteiger partial charge in [-0.2, -0.15) is 0 Å². The first kappa shape index (κ1) is 77.6. The molecule has 0 heterocycles. The van der Waals surface area contributed by atoms with Crippen molar-refractivity contribution in [2.24, 2.45) is 0 Å². The van der Waals surface area contributed by atoms with Gasteiger partial charge >= 0.3 is 25.7 Å². The summed E-state index contributed by atoms with van der Waals surface area (Å²) in [6.07, 6.45) is 79.9. The van der Waals surface area contributed by atoms with E-state index in [0.717, 1.165) is 122 Å². The maximum Gasteiger partial charge on any atom is 0.472 e. The maximum absolute atomic E-state index is 13.0. The highest BCUT2D eigenvalue weighted by molar-refractivity contribution is 7.47. The van der Waals surface area contributed by atoms with E-state index in [1.165, 1.54) is 64.2 Å². The summed E-state index contributed by atoms with van der Waals surface area (Å²) in [7, 11) is -4.79. The molecule has 82 heavy (non-hydrogen) atoms. The van der Waals surface area contributed by atoms with Crippen molar-refractivity contribution in [2.75, 3.05) is 26.4 Å². The third kappa shape index (κ3) is 60.2. The van der Waals surface area contributed by atoms with Crippen LogP contribution in [0.3, 0.4) is 0 Å². The number of esters is 3. The normalized spacial score (nSPS) is 14.2. The van der Waals surface area contributed by atoms with Crippen LogP contribution in [0.2, 0.25) is 0 Å². The largest absolute Gasteiger partial charge is 0.472 e. The molecule has 466 valence electrons. The molecule has 12 heteroatoms. The van der Waals surface area contributed by atoms with E-state index in [9.17, 15) is 28.9 Å². The molecule has 0 saturated carbocycles. The number of rotatable bonds is 58. The molecule has 0 aromatic rings. The van der Waals surface area contributed by atoms with Crippen molar-refractivity contribution in [3.05, 3.63) is 134 Å². The lowest BCUT2D eigenvalue weighted by molar-refractivity contribution is -0.161. The molecule has 0 amide bonds. The summed E-state index contributed by atoms with van der Waals surface area (Å²) < 4.78 is 39.6. The van der Waals surface area contributed by atoms with Crippen LogP contribution in [-0.4, -0.2) is 66.5 Å². The zero-order valence-electron chi connectivity index (χ0n) is 51.7. The summed E-state index contributed by atoms with van der Waals surface area (Å²) in [5, 5.41) is 9.85. The standard InChI is InChI=1S/C70H115O11P/c1-4-7-10-13-16-19-22-25-28-31-33-36-38-41-44-47-50-53-56-59-68(72)77-63-67(81-70(74)61-58-55-52-49-46-43-40-37-34-32-29-26-23-20-17-14-11-8-5-2)65-79-82(75,76)78-64-66(62-71)80-69(73)60-57-54-51-48-45-42-39-35-30-27-24-21-18-15-12-9-6-3/h8-9,11-12,16-21,25-30,34,37,43,46,52,55,66-67,71H,4-7,10,13-15,22-24,31-33,35-36,38-42,44-45,47-51,53-54,56-65H2,1-3H3,(H,75,76)/b11-8-,12-9-,19-16-,20-17-,21-18-,28-25-,29-26-,30-27-,37-34-,46-43-,55-52-. The fraction of sp³-hybridized carbons (Fsp3) is 0.643. The summed E-state index contributed by atoms with van der Waals surface area (Å²) in [6.45, 7) is 4.31. The third-order valence-electron chi connectivity index (χ3n) is 13.1. The fourth-order valence-electron chi connectivity index (χ4n) is 8.25. The Bertz CT molecular complexity index is 1890. The third-order valence-corrected chi connectivity index (χ3v) is 14.0. The van der Waals surface area contributed by atoms with Gasteiger partial charge in [0, 0.05) is 19.3 Å². The Morgan fingerprint density at radius 3 is 1.05 bits per heavy atom. The first-order valence-corrected chi connectivity index (χ1v) is 33.6. The Hall–Kier alpha value is -4.38. The molecule has 0 saturated heterocycles. The molecule has 0 aliphatic carbocycles. The van der Waals surface area contributed by atoms with Gasteiger partial charge < -0.3 is 24.2 Å². The Balaban J connectivity index is 4.83. The van der Waals surface area contributed by atoms with Gasteiger partial charge in [0.25, 0.3) is 0 Å². The molecule has 0 aliphatic rings. The van der Waals surface area contributed by atoms with E-state index in [2.05, 4.69) is 142 Å². The molecule has 0 bridgehead atoms. The predicted octanol–water partition coefficient (Wildman–Crippen LogP) is 19.7. The van der Waals surface area contributed by atoms with Gasteiger partial charge in [0.15, 0.2) is 6.10 Å². The van der Waals surface area contributed by atoms with E-state index in [-0.39, 0.29) is 25.9 Å². The summed E-state index contributed by atoms with van der Waals surface area (Å²) >= 11 is 0. The number of phosphoric ester groups is 1. The topological polar surface area (TPSA) is 155 Å². The van der Waals surface area contributed by atoms with Gasteiger partial charge in [-0.15, -0.1) is 0 Å². The van der Waals surface area contributed by atoms with Crippen LogP contribution in [0.1, 0.15) is 252 Å². The predicted molar refractivity (Wildman–Crippen MR) is 343 cm³/mol. The van der Waals surface area contributed by atoms with Crippen molar-refractivity contribution in [2.45, 2.75) is 264 Å². The van der Waals surface area contributed by atoms with E-state index in [1.54, 1.807) is 0 Å². The van der Waals surface area contributed by atoms with Crippen LogP contribution in [0.15, 0.2) is 134 Å². The van der Waals surface area contributed by atoms with E-state index in [1.807, 2.05) is 12.2 Å². The number of carbonyl (C=O) groups is 3. The van der Waals surface area contributed by atoms with Crippen molar-refractivity contribution >= 4 is 25.7 Å². The molecule has 2 N–H and O–H groups in total. The van der Waals surface area contributed by atoms with E-state index in [0.29, 0.717) is 25.7 Å². The summed E-state index contributed by atoms with van der Waals surface area (Å²) in [4.78, 5) is 48.7. The second-order valence-corrected chi connectivity index (χ2v) is 22.3. The molecule has 0 aliphatic heterocycles. The van der Waals surface area contributed by atoms with Crippen LogP contribution in [0.25, 0.3) is 0 Å². The van der Waals surface area contributed by atoms with E-state index in [4.69, 9.17) is 23.3 Å². The van der Waals surface area contributed by atoms with Crippen LogP contribution in [0, 0.1) is 0 Å². The minimum atomic E-state index is -4.79. The first-order chi connectivity index (χ1) is 40.2. The molecule has 3 unspecified atom stereocenters. The summed E-state index contributed by atoms with van der Waals surface area (Å²) in [5.74, 6) is -1.59. The molecule has 0 aromatic heterocycles. The molecule has 0 fully saturated rings. The quantitative estimate of drug-likeness (QED) is 0.0197. The Kier molecular flexibility index (Phi) is 59.3. The lowest BCUT2D eigenvalue weighted by Gasteiger charge is -2.21. The van der Waals surface area contributed by atoms with Gasteiger partial charge in [0.2, 0.25) is 0 Å². The van der Waals surface area contributed by atoms with Crippen molar-refractivity contribution in [3.63, 3.8) is 0 Å². The number of aliphatic hydroxyl groups excluding tert-OH is 1. The monoisotopic (exact) mass is 1160 g/mol. The number of unbranched alkanes of at least 4 members (excludes halogenated alkanes) is 19. The zero-order chi connectivity index (χ0) is 59.8. The number of allylic oxidation sites excluding steroid dienone is 22. The van der Waals surface area contributed by atoms with Crippen molar-refractivity contribution in [1.29, 1.82) is 0 Å². The Morgan fingerprint density at radius 1 is 0.354 bits per heavy atom. The summed E-state index contributed by atoms with van der Waals surface area (Å²) in [6, 6.07) is 0. The molecule has 0 radical (unpaired) electrons. The minimum absolute atomic E-state index is 0.0346. The highest BCUT2D eigenvalue weighted by Crippen LogP contribution is 2.43. The van der Waals surface area contributed by atoms with Crippen LogP contribution in [0.4, 0.5) is 0 Å². The van der Waals surface area contributed by atoms with Gasteiger partial charge in [0.1, 0.15) is 12.7 Å². The van der Waals surface area contributed by atoms with Gasteiger partial charge in [-0.05, 0) is 122 Å². The highest BCUT2D eigenvalue weighted by Gasteiger charge is 2.28. The Labute approximate surface area is 500 Å². The van der Waals surface area contributed by atoms with Gasteiger partial charge in [-0.1, -0.05) is 244 Å². The minimum Gasteiger partial charge on any atom is -0.462 e. The molecule has 3 atom stereocenters. The average molecular weight is 1160 g/mol. The van der Waals surface area contributed by atoms with Gasteiger partial charge in [-0.25, -0.2) is 4.57 Å². The molecular formula is C70H115O11P. The van der Waals surface area contributed by atoms with Crippen LogP contribution >= 0.6 is 7.82 Å². The van der Waals surface area contributed by atoms with Crippen molar-refractivity contribution < 1.29 is 52.2 Å². The summed E-state index contributed by atoms with van der Waals surface area (Å²) in [5.41, 5.74) is 0. The lowest BCUT2D eigenvalue weighted by atomic mass is 10.1. The maximum atomic E-state index is 13.0. The van der Waals surface area contributed by atoms with Crippen molar-refractivity contribution in [1.82, 2.24) is 0 Å². The first-order valence-electron chi connectivity index (χ1n) is 32.1. The number of hydrogen-bond donors (Lipinski definition) is 2. The average Bonchev–Trinajstić information content (AvgIpc) is 3.50. The second kappa shape index (κ2) is 62.7. The Morgan fingerprint density at radius 2 is 0.659 bits per heavy atom. The smallest absolute Gasteiger partial charge is 0.462 e. The molecule has 11 nitrogen and oxygen atoms in total. The van der Waals surface area contributed by atoms with Gasteiger partial charge in [-0.3, -0.25) is 23.4 Å². The number of ether oxygens (including phenoxy) is 3. The fourth-order valence-corrected chi connectivity index (χ4v) is 9.03. The SMILES string of the molecule is CC/C=C\C/C=C\C/C=C\C/C=C\C/C=C\C/C=C\CCC(=O)OC(COC(=O)CCCCCCCCCCC/C=C\C/C=C\CCCCC)COP(=O)(O)OCC(CO)OC(=O)CCCCCCCCC/C=C\C/C=C\C/C=C\CC. The molecule has 0 spiro atoms. The van der Waals surface area contributed by atoms with Crippen LogP contribution < -0.4 is 0 Å². The molecule has 0 aromatic carbocycles. The zero-order valence-corrected chi connectivity index (χ0v) is 52.6. The number of phosphoric acid groups is 1. The van der Waals surface area contributed by atoms with E-state index >= 15 is 0 Å². The number of hydrogen-bond acceptors (Lipinski definition) is 10. The van der Waals surface area contributed by atoms with Crippen molar-refractivity contribution in [3.8, 4) is 0 Å². The highest BCUT2D eigenvalue weighted by atomic mass is 31.2. The van der Waals surface area contributed by atoms with Gasteiger partial charge in [0.05, 0.1) is 19.8 Å². The molecule has 0 rings (SSSR count). The number of aliphatic hydroxyl groups is 1. The molecular weight excluding hydrogens is 1050 g/mol. The number of carbonyl (C=O) groups excluding carboxylic acids is 3. The van der Waals surface area contributed by atoms with Crippen LogP contribution in [0.5, 0.6) is 0 Å². The van der Waals surface area contributed by atoms with Crippen LogP contribution in [-0.2, 0) is 42.2 Å². The lowest BCUT2D eigenvalue weighted by Crippen LogP contribution is -2.30. The van der Waals surface area contributed by atoms with E-state index < -0.39 is 57.8 Å². The second-order valence-electron chi connectivity index (χ2n) is 20.8.